The molecule has 0 saturated heterocycles. The Morgan fingerprint density at radius 1 is 1.20 bits per heavy atom. The van der Waals surface area contributed by atoms with Gasteiger partial charge in [-0.2, -0.15) is 5.10 Å². The molecule has 0 atom stereocenters. The molecule has 0 bridgehead atoms. The zero-order valence-corrected chi connectivity index (χ0v) is 20.4. The van der Waals surface area contributed by atoms with Crippen molar-refractivity contribution in [1.82, 2.24) is 9.78 Å². The first kappa shape index (κ1) is 24.2. The lowest BCUT2D eigenvalue weighted by Gasteiger charge is -2.11. The highest BCUT2D eigenvalue weighted by Crippen LogP contribution is 2.33. The fourth-order valence-electron chi connectivity index (χ4n) is 3.41. The van der Waals surface area contributed by atoms with E-state index in [-0.39, 0.29) is 11.4 Å². The Morgan fingerprint density at radius 3 is 2.57 bits per heavy atom. The van der Waals surface area contributed by atoms with Crippen LogP contribution in [0.5, 0.6) is 5.75 Å². The summed E-state index contributed by atoms with van der Waals surface area (Å²) in [6.45, 7) is 2.91. The highest BCUT2D eigenvalue weighted by atomic mass is 35.5. The smallest absolute Gasteiger partial charge is 0.348 e. The van der Waals surface area contributed by atoms with Gasteiger partial charge in [0.15, 0.2) is 12.4 Å². The number of thiophene rings is 1. The van der Waals surface area contributed by atoms with Gasteiger partial charge in [-0.05, 0) is 49.7 Å². The number of amides is 1. The lowest BCUT2D eigenvalue weighted by Crippen LogP contribution is -2.21. The number of esters is 1. The number of carbonyl (C=O) groups excluding carboxylic acids is 2. The van der Waals surface area contributed by atoms with Gasteiger partial charge in [0.05, 0.1) is 23.4 Å². The van der Waals surface area contributed by atoms with Gasteiger partial charge in [-0.15, -0.1) is 11.3 Å². The van der Waals surface area contributed by atoms with Crippen LogP contribution in [0, 0.1) is 24.0 Å². The van der Waals surface area contributed by atoms with Crippen LogP contribution < -0.4 is 10.1 Å². The van der Waals surface area contributed by atoms with Gasteiger partial charge in [0.2, 0.25) is 0 Å². The lowest BCUT2D eigenvalue weighted by molar-refractivity contribution is -0.385. The van der Waals surface area contributed by atoms with Gasteiger partial charge in [0.25, 0.3) is 5.91 Å². The molecule has 2 aromatic carbocycles. The van der Waals surface area contributed by atoms with Crippen LogP contribution in [0.2, 0.25) is 5.02 Å². The molecule has 0 aliphatic heterocycles. The topological polar surface area (TPSA) is 126 Å². The number of nitrogens with zero attached hydrogens (tertiary/aromatic N) is 3. The van der Waals surface area contributed by atoms with Gasteiger partial charge in [0.1, 0.15) is 9.71 Å². The third kappa shape index (κ3) is 4.96. The summed E-state index contributed by atoms with van der Waals surface area (Å²) in [4.78, 5) is 36.6. The second-order valence-corrected chi connectivity index (χ2v) is 8.99. The summed E-state index contributed by atoms with van der Waals surface area (Å²) in [6.07, 6.45) is 0. The number of hydrogen-bond acceptors (Lipinski definition) is 8. The summed E-state index contributed by atoms with van der Waals surface area (Å²) < 4.78 is 11.9. The van der Waals surface area contributed by atoms with E-state index in [1.54, 1.807) is 29.8 Å². The molecule has 2 aromatic heterocycles. The number of fused-ring (bicyclic) bond motifs is 1. The SMILES string of the molecule is COc1cc(NC(=O)COC(=O)c2cc3c(C)nn(-c4ccc(Cl)cc4)c3s2)c(C)cc1[N+](=O)[O-]. The fourth-order valence-corrected chi connectivity index (χ4v) is 4.61. The highest BCUT2D eigenvalue weighted by molar-refractivity contribution is 7.20. The number of carbonyl (C=O) groups is 2. The first-order chi connectivity index (χ1) is 16.7. The quantitative estimate of drug-likeness (QED) is 0.207. The van der Waals surface area contributed by atoms with E-state index >= 15 is 0 Å². The van der Waals surface area contributed by atoms with E-state index < -0.39 is 23.4 Å². The fraction of sp³-hybridized carbons (Fsp3) is 0.174. The van der Waals surface area contributed by atoms with Crippen LogP contribution in [-0.4, -0.2) is 40.3 Å². The van der Waals surface area contributed by atoms with Gasteiger partial charge in [0, 0.05) is 28.2 Å². The normalized spacial score (nSPS) is 10.9. The molecule has 35 heavy (non-hydrogen) atoms. The standard InChI is InChI=1S/C23H19ClN4O6S/c1-12-8-18(28(31)32)19(33-3)10-17(12)25-21(29)11-34-23(30)20-9-16-13(2)26-27(22(16)35-20)15-6-4-14(24)5-7-15/h4-10H,11H2,1-3H3,(H,25,29). The van der Waals surface area contributed by atoms with E-state index in [0.717, 1.165) is 21.6 Å². The van der Waals surface area contributed by atoms with Crippen molar-refractivity contribution in [1.29, 1.82) is 0 Å². The third-order valence-electron chi connectivity index (χ3n) is 5.15. The molecule has 0 aliphatic carbocycles. The predicted molar refractivity (Wildman–Crippen MR) is 132 cm³/mol. The van der Waals surface area contributed by atoms with Crippen LogP contribution in [0.25, 0.3) is 15.9 Å². The number of aromatic nitrogens is 2. The molecule has 4 aromatic rings. The summed E-state index contributed by atoms with van der Waals surface area (Å²) in [5.41, 5.74) is 2.10. The van der Waals surface area contributed by atoms with Crippen LogP contribution in [0.4, 0.5) is 11.4 Å². The minimum atomic E-state index is -0.651. The van der Waals surface area contributed by atoms with Crippen molar-refractivity contribution in [2.75, 3.05) is 19.0 Å². The lowest BCUT2D eigenvalue weighted by atomic mass is 10.1. The molecule has 1 N–H and O–H groups in total. The monoisotopic (exact) mass is 514 g/mol. The maximum atomic E-state index is 12.6. The Balaban J connectivity index is 1.46. The van der Waals surface area contributed by atoms with Crippen molar-refractivity contribution >= 4 is 56.4 Å². The van der Waals surface area contributed by atoms with Crippen LogP contribution in [0.1, 0.15) is 20.9 Å². The van der Waals surface area contributed by atoms with Crippen molar-refractivity contribution in [2.24, 2.45) is 0 Å². The number of aryl methyl sites for hydroxylation is 2. The Hall–Kier alpha value is -3.96. The highest BCUT2D eigenvalue weighted by Gasteiger charge is 2.21. The number of anilines is 1. The molecule has 180 valence electrons. The Labute approximate surface area is 208 Å². The second-order valence-electron chi connectivity index (χ2n) is 7.52. The predicted octanol–water partition coefficient (Wildman–Crippen LogP) is 5.07. The Bertz CT molecular complexity index is 1460. The molecular weight excluding hydrogens is 496 g/mol. The number of rotatable bonds is 7. The van der Waals surface area contributed by atoms with E-state index in [1.807, 2.05) is 19.1 Å². The van der Waals surface area contributed by atoms with E-state index in [0.29, 0.717) is 21.2 Å². The first-order valence-corrected chi connectivity index (χ1v) is 11.4. The number of nitro groups is 1. The molecular formula is C23H19ClN4O6S. The van der Waals surface area contributed by atoms with Gasteiger partial charge in [-0.25, -0.2) is 9.48 Å². The molecule has 12 heteroatoms. The van der Waals surface area contributed by atoms with Crippen LogP contribution in [0.15, 0.2) is 42.5 Å². The number of hydrogen-bond donors (Lipinski definition) is 1. The maximum absolute atomic E-state index is 12.6. The van der Waals surface area contributed by atoms with Gasteiger partial charge < -0.3 is 14.8 Å². The zero-order valence-electron chi connectivity index (χ0n) is 18.8. The zero-order chi connectivity index (χ0) is 25.3. The number of nitrogens with one attached hydrogen (secondary N) is 1. The van der Waals surface area contributed by atoms with E-state index in [9.17, 15) is 19.7 Å². The molecule has 0 radical (unpaired) electrons. The molecule has 2 heterocycles. The number of nitro benzene ring substituents is 1. The Morgan fingerprint density at radius 2 is 1.91 bits per heavy atom. The summed E-state index contributed by atoms with van der Waals surface area (Å²) in [6, 6.07) is 11.5. The molecule has 0 saturated carbocycles. The molecule has 0 aliphatic rings. The summed E-state index contributed by atoms with van der Waals surface area (Å²) in [5, 5.41) is 19.6. The van der Waals surface area contributed by atoms with E-state index in [2.05, 4.69) is 10.4 Å². The second kappa shape index (κ2) is 9.72. The van der Waals surface area contributed by atoms with E-state index in [1.165, 1.54) is 30.6 Å². The van der Waals surface area contributed by atoms with E-state index in [4.69, 9.17) is 21.1 Å². The third-order valence-corrected chi connectivity index (χ3v) is 6.49. The van der Waals surface area contributed by atoms with Gasteiger partial charge >= 0.3 is 11.7 Å². The van der Waals surface area contributed by atoms with Crippen LogP contribution >= 0.6 is 22.9 Å². The largest absolute Gasteiger partial charge is 0.490 e. The summed E-state index contributed by atoms with van der Waals surface area (Å²) >= 11 is 7.17. The average molecular weight is 515 g/mol. The van der Waals surface area contributed by atoms with Gasteiger partial charge in [-0.1, -0.05) is 11.6 Å². The Kier molecular flexibility index (Phi) is 6.72. The first-order valence-electron chi connectivity index (χ1n) is 10.2. The number of methoxy groups -OCH3 is 1. The van der Waals surface area contributed by atoms with Crippen molar-refractivity contribution in [2.45, 2.75) is 13.8 Å². The molecule has 4 rings (SSSR count). The molecule has 0 fully saturated rings. The van der Waals surface area contributed by atoms with Gasteiger partial charge in [-0.3, -0.25) is 14.9 Å². The maximum Gasteiger partial charge on any atom is 0.348 e. The molecule has 10 nitrogen and oxygen atoms in total. The summed E-state index contributed by atoms with van der Waals surface area (Å²) in [7, 11) is 1.30. The van der Waals surface area contributed by atoms with Crippen molar-refractivity contribution in [3.63, 3.8) is 0 Å². The average Bonchev–Trinajstić information content (AvgIpc) is 3.39. The molecule has 0 unspecified atom stereocenters. The number of halogens is 1. The minimum absolute atomic E-state index is 0.00303. The van der Waals surface area contributed by atoms with Crippen molar-refractivity contribution in [3.05, 3.63) is 73.7 Å². The van der Waals surface area contributed by atoms with Crippen molar-refractivity contribution in [3.8, 4) is 11.4 Å². The van der Waals surface area contributed by atoms with Crippen LogP contribution in [0.3, 0.4) is 0 Å². The number of ether oxygens (including phenoxy) is 2. The van der Waals surface area contributed by atoms with Crippen LogP contribution in [-0.2, 0) is 9.53 Å². The van der Waals surface area contributed by atoms with Crippen molar-refractivity contribution < 1.29 is 24.0 Å². The molecule has 1 amide bonds. The molecule has 0 spiro atoms. The minimum Gasteiger partial charge on any atom is -0.490 e. The summed E-state index contributed by atoms with van der Waals surface area (Å²) in [5.74, 6) is -1.24. The number of benzene rings is 2.